The highest BCUT2D eigenvalue weighted by Gasteiger charge is 2.19. The number of ether oxygens (including phenoxy) is 1. The average molecular weight is 277 g/mol. The summed E-state index contributed by atoms with van der Waals surface area (Å²) in [5, 5.41) is 3.35. The number of piperidine rings is 1. The zero-order valence-electron chi connectivity index (χ0n) is 12.8. The molecule has 1 aliphatic heterocycles. The predicted octanol–water partition coefficient (Wildman–Crippen LogP) is 2.90. The summed E-state index contributed by atoms with van der Waals surface area (Å²) in [4.78, 5) is 6.87. The summed E-state index contributed by atoms with van der Waals surface area (Å²) < 4.78 is 5.70. The summed E-state index contributed by atoms with van der Waals surface area (Å²) in [5.41, 5.74) is 1.34. The normalized spacial score (nSPS) is 17.3. The number of rotatable bonds is 7. The summed E-state index contributed by atoms with van der Waals surface area (Å²) in [7, 11) is 0. The van der Waals surface area contributed by atoms with Gasteiger partial charge in [0.2, 0.25) is 0 Å². The summed E-state index contributed by atoms with van der Waals surface area (Å²) in [5.74, 6) is 0.994. The standard InChI is InChI=1S/C16H27N3O/c1-3-8-17-16-12-14(5-9-18-16)13-19-10-6-15(7-11-19)20-4-2/h5,9,12,15H,3-4,6-8,10-11,13H2,1-2H3,(H,17,18). The number of likely N-dealkylation sites (tertiary alicyclic amines) is 1. The SMILES string of the molecule is CCCNc1cc(CN2CCC(OCC)CC2)ccn1. The topological polar surface area (TPSA) is 37.4 Å². The van der Waals surface area contributed by atoms with Gasteiger partial charge in [0.15, 0.2) is 0 Å². The fourth-order valence-corrected chi connectivity index (χ4v) is 2.65. The van der Waals surface area contributed by atoms with Crippen LogP contribution in [0.25, 0.3) is 0 Å². The van der Waals surface area contributed by atoms with Gasteiger partial charge in [-0.2, -0.15) is 0 Å². The smallest absolute Gasteiger partial charge is 0.126 e. The van der Waals surface area contributed by atoms with Gasteiger partial charge in [-0.1, -0.05) is 6.92 Å². The zero-order chi connectivity index (χ0) is 14.2. The molecule has 20 heavy (non-hydrogen) atoms. The first-order chi connectivity index (χ1) is 9.81. The molecule has 0 saturated carbocycles. The number of pyridine rings is 1. The van der Waals surface area contributed by atoms with Gasteiger partial charge in [0, 0.05) is 39.0 Å². The molecular weight excluding hydrogens is 250 g/mol. The Morgan fingerprint density at radius 1 is 1.35 bits per heavy atom. The number of hydrogen-bond donors (Lipinski definition) is 1. The van der Waals surface area contributed by atoms with Crippen LogP contribution < -0.4 is 5.32 Å². The molecule has 0 aromatic carbocycles. The average Bonchev–Trinajstić information content (AvgIpc) is 2.48. The van der Waals surface area contributed by atoms with E-state index in [-0.39, 0.29) is 0 Å². The van der Waals surface area contributed by atoms with Crippen molar-refractivity contribution in [3.8, 4) is 0 Å². The zero-order valence-corrected chi connectivity index (χ0v) is 12.8. The van der Waals surface area contributed by atoms with E-state index in [1.807, 2.05) is 6.20 Å². The molecule has 2 rings (SSSR count). The van der Waals surface area contributed by atoms with Crippen molar-refractivity contribution in [2.45, 2.75) is 45.8 Å². The van der Waals surface area contributed by atoms with Crippen LogP contribution in [-0.4, -0.2) is 42.2 Å². The Hall–Kier alpha value is -1.13. The van der Waals surface area contributed by atoms with E-state index in [4.69, 9.17) is 4.74 Å². The second-order valence-corrected chi connectivity index (χ2v) is 5.41. The lowest BCUT2D eigenvalue weighted by molar-refractivity contribution is 0.0125. The van der Waals surface area contributed by atoms with E-state index in [1.54, 1.807) is 0 Å². The van der Waals surface area contributed by atoms with Gasteiger partial charge in [-0.05, 0) is 43.9 Å². The van der Waals surface area contributed by atoms with Crippen LogP contribution in [0.1, 0.15) is 38.7 Å². The van der Waals surface area contributed by atoms with Crippen molar-refractivity contribution >= 4 is 5.82 Å². The molecule has 0 amide bonds. The van der Waals surface area contributed by atoms with Crippen LogP contribution >= 0.6 is 0 Å². The summed E-state index contributed by atoms with van der Waals surface area (Å²) in [6.45, 7) is 9.34. The van der Waals surface area contributed by atoms with E-state index in [9.17, 15) is 0 Å². The van der Waals surface area contributed by atoms with Gasteiger partial charge in [0.25, 0.3) is 0 Å². The molecule has 0 aliphatic carbocycles. The predicted molar refractivity (Wildman–Crippen MR) is 82.9 cm³/mol. The molecule has 4 nitrogen and oxygen atoms in total. The van der Waals surface area contributed by atoms with Gasteiger partial charge in [0.05, 0.1) is 6.10 Å². The lowest BCUT2D eigenvalue weighted by atomic mass is 10.1. The molecule has 1 fully saturated rings. The molecular formula is C16H27N3O. The Bertz CT molecular complexity index is 389. The minimum absolute atomic E-state index is 0.468. The van der Waals surface area contributed by atoms with Crippen LogP contribution in [0.3, 0.4) is 0 Å². The highest BCUT2D eigenvalue weighted by molar-refractivity contribution is 5.37. The number of hydrogen-bond acceptors (Lipinski definition) is 4. The molecule has 1 aliphatic rings. The highest BCUT2D eigenvalue weighted by atomic mass is 16.5. The third kappa shape index (κ3) is 4.76. The van der Waals surface area contributed by atoms with E-state index >= 15 is 0 Å². The fraction of sp³-hybridized carbons (Fsp3) is 0.688. The van der Waals surface area contributed by atoms with E-state index in [0.29, 0.717) is 6.10 Å². The molecule has 0 bridgehead atoms. The van der Waals surface area contributed by atoms with E-state index < -0.39 is 0 Å². The first kappa shape index (κ1) is 15.3. The van der Waals surface area contributed by atoms with Crippen LogP contribution in [0.2, 0.25) is 0 Å². The molecule has 1 aromatic rings. The lowest BCUT2D eigenvalue weighted by Crippen LogP contribution is -2.36. The quantitative estimate of drug-likeness (QED) is 0.831. The number of anilines is 1. The van der Waals surface area contributed by atoms with Crippen molar-refractivity contribution in [3.05, 3.63) is 23.9 Å². The third-order valence-corrected chi connectivity index (χ3v) is 3.72. The van der Waals surface area contributed by atoms with Crippen molar-refractivity contribution < 1.29 is 4.74 Å². The van der Waals surface area contributed by atoms with Gasteiger partial charge in [0.1, 0.15) is 5.82 Å². The molecule has 4 heteroatoms. The second kappa shape index (κ2) is 8.22. The molecule has 1 aromatic heterocycles. The van der Waals surface area contributed by atoms with Gasteiger partial charge < -0.3 is 10.1 Å². The van der Waals surface area contributed by atoms with Gasteiger partial charge >= 0.3 is 0 Å². The van der Waals surface area contributed by atoms with E-state index in [1.165, 1.54) is 5.56 Å². The molecule has 0 spiro atoms. The Labute approximate surface area is 122 Å². The second-order valence-electron chi connectivity index (χ2n) is 5.41. The summed E-state index contributed by atoms with van der Waals surface area (Å²) >= 11 is 0. The van der Waals surface area contributed by atoms with Crippen LogP contribution in [-0.2, 0) is 11.3 Å². The van der Waals surface area contributed by atoms with Gasteiger partial charge in [-0.3, -0.25) is 4.90 Å². The van der Waals surface area contributed by atoms with Crippen LogP contribution in [0.4, 0.5) is 5.82 Å². The molecule has 0 radical (unpaired) electrons. The Morgan fingerprint density at radius 2 is 2.15 bits per heavy atom. The lowest BCUT2D eigenvalue weighted by Gasteiger charge is -2.31. The monoisotopic (exact) mass is 277 g/mol. The Balaban J connectivity index is 1.81. The van der Waals surface area contributed by atoms with Crippen LogP contribution in [0, 0.1) is 0 Å². The van der Waals surface area contributed by atoms with Crippen molar-refractivity contribution in [1.29, 1.82) is 0 Å². The van der Waals surface area contributed by atoms with Crippen LogP contribution in [0.15, 0.2) is 18.3 Å². The molecule has 2 heterocycles. The molecule has 1 N–H and O–H groups in total. The Kier molecular flexibility index (Phi) is 6.27. The molecule has 112 valence electrons. The molecule has 0 unspecified atom stereocenters. The largest absolute Gasteiger partial charge is 0.378 e. The number of nitrogens with one attached hydrogen (secondary N) is 1. The van der Waals surface area contributed by atoms with Gasteiger partial charge in [-0.25, -0.2) is 4.98 Å². The highest BCUT2D eigenvalue weighted by Crippen LogP contribution is 2.17. The minimum Gasteiger partial charge on any atom is -0.378 e. The number of nitrogens with zero attached hydrogens (tertiary/aromatic N) is 2. The van der Waals surface area contributed by atoms with E-state index in [2.05, 4.69) is 41.2 Å². The van der Waals surface area contributed by atoms with Crippen molar-refractivity contribution in [3.63, 3.8) is 0 Å². The maximum atomic E-state index is 5.70. The summed E-state index contributed by atoms with van der Waals surface area (Å²) in [6.07, 6.45) is 5.80. The van der Waals surface area contributed by atoms with E-state index in [0.717, 1.165) is 57.9 Å². The molecule has 0 atom stereocenters. The maximum Gasteiger partial charge on any atom is 0.126 e. The first-order valence-corrected chi connectivity index (χ1v) is 7.84. The fourth-order valence-electron chi connectivity index (χ4n) is 2.65. The van der Waals surface area contributed by atoms with Crippen molar-refractivity contribution in [2.24, 2.45) is 0 Å². The number of aromatic nitrogens is 1. The van der Waals surface area contributed by atoms with Gasteiger partial charge in [-0.15, -0.1) is 0 Å². The molecule has 1 saturated heterocycles. The third-order valence-electron chi connectivity index (χ3n) is 3.72. The van der Waals surface area contributed by atoms with Crippen molar-refractivity contribution in [1.82, 2.24) is 9.88 Å². The first-order valence-electron chi connectivity index (χ1n) is 7.84. The maximum absolute atomic E-state index is 5.70. The van der Waals surface area contributed by atoms with Crippen LogP contribution in [0.5, 0.6) is 0 Å². The van der Waals surface area contributed by atoms with Crippen molar-refractivity contribution in [2.75, 3.05) is 31.6 Å². The minimum atomic E-state index is 0.468. The Morgan fingerprint density at radius 3 is 2.85 bits per heavy atom. The summed E-state index contributed by atoms with van der Waals surface area (Å²) in [6, 6.07) is 4.29.